The number of ketones is 1. The zero-order valence-corrected chi connectivity index (χ0v) is 17.2. The predicted molar refractivity (Wildman–Crippen MR) is 103 cm³/mol. The van der Waals surface area contributed by atoms with Gasteiger partial charge in [0, 0.05) is 17.7 Å². The summed E-state index contributed by atoms with van der Waals surface area (Å²) in [6, 6.07) is 6.70. The standard InChI is InChI=1S/C19H26N2O5Si/c1-12(26-27(2,3)4)17-15(20-18(17)23)11-16(22)13-5-7-14(8-6-13)21-9-10-25-19(21)24/h5-8,12,15,17H,9-11H2,1-4H3,(H,20,23)/t12-,15-,17-/m1/s1. The molecule has 0 spiro atoms. The maximum absolute atomic E-state index is 12.6. The lowest BCUT2D eigenvalue weighted by Gasteiger charge is -2.41. The summed E-state index contributed by atoms with van der Waals surface area (Å²) in [7, 11) is -1.76. The Bertz CT molecular complexity index is 743. The zero-order chi connectivity index (χ0) is 19.8. The molecule has 3 rings (SSSR count). The Hall–Kier alpha value is -2.19. The molecule has 2 fully saturated rings. The molecule has 1 N–H and O–H groups in total. The van der Waals surface area contributed by atoms with Gasteiger partial charge >= 0.3 is 6.09 Å². The summed E-state index contributed by atoms with van der Waals surface area (Å²) in [5.41, 5.74) is 1.27. The van der Waals surface area contributed by atoms with Crippen molar-refractivity contribution in [2.45, 2.75) is 45.1 Å². The topological polar surface area (TPSA) is 84.9 Å². The van der Waals surface area contributed by atoms with E-state index in [0.29, 0.717) is 24.4 Å². The van der Waals surface area contributed by atoms with Crippen LogP contribution >= 0.6 is 0 Å². The second kappa shape index (κ2) is 7.44. The fourth-order valence-corrected chi connectivity index (χ4v) is 4.84. The number of Topliss-reactive ketones (excluding diaryl/α,β-unsaturated/α-hetero) is 1. The molecular weight excluding hydrogens is 364 g/mol. The van der Waals surface area contributed by atoms with Crippen LogP contribution in [0.5, 0.6) is 0 Å². The maximum Gasteiger partial charge on any atom is 0.414 e. The van der Waals surface area contributed by atoms with Crippen molar-refractivity contribution in [3.05, 3.63) is 29.8 Å². The number of β-lactam (4-membered cyclic amide) rings is 1. The number of benzene rings is 1. The number of hydrogen-bond acceptors (Lipinski definition) is 5. The second-order valence-electron chi connectivity index (χ2n) is 8.02. The molecule has 2 saturated heterocycles. The van der Waals surface area contributed by atoms with Gasteiger partial charge in [-0.1, -0.05) is 0 Å². The molecule has 1 aromatic carbocycles. The molecule has 2 amide bonds. The number of amides is 2. The average Bonchev–Trinajstić information content (AvgIpc) is 2.98. The molecule has 2 aliphatic heterocycles. The van der Waals surface area contributed by atoms with Crippen LogP contribution < -0.4 is 10.2 Å². The van der Waals surface area contributed by atoms with Gasteiger partial charge in [-0.25, -0.2) is 4.79 Å². The predicted octanol–water partition coefficient (Wildman–Crippen LogP) is 2.57. The van der Waals surface area contributed by atoms with Crippen LogP contribution in [0.25, 0.3) is 0 Å². The number of nitrogens with one attached hydrogen (secondary N) is 1. The van der Waals surface area contributed by atoms with Gasteiger partial charge in [0.15, 0.2) is 14.1 Å². The summed E-state index contributed by atoms with van der Waals surface area (Å²) in [5, 5.41) is 2.83. The number of ether oxygens (including phenoxy) is 1. The van der Waals surface area contributed by atoms with Gasteiger partial charge in [0.1, 0.15) is 6.61 Å². The number of carbonyl (C=O) groups excluding carboxylic acids is 3. The fraction of sp³-hybridized carbons (Fsp3) is 0.526. The monoisotopic (exact) mass is 390 g/mol. The third kappa shape index (κ3) is 4.39. The Morgan fingerprint density at radius 3 is 2.48 bits per heavy atom. The van der Waals surface area contributed by atoms with Crippen LogP contribution in [0.2, 0.25) is 19.6 Å². The number of hydrogen-bond donors (Lipinski definition) is 1. The lowest BCUT2D eigenvalue weighted by Crippen LogP contribution is -2.63. The number of nitrogens with zero attached hydrogens (tertiary/aromatic N) is 1. The minimum absolute atomic E-state index is 0.0410. The van der Waals surface area contributed by atoms with Gasteiger partial charge in [0.05, 0.1) is 24.6 Å². The van der Waals surface area contributed by atoms with Crippen LogP contribution in [0.3, 0.4) is 0 Å². The maximum atomic E-state index is 12.6. The summed E-state index contributed by atoms with van der Waals surface area (Å²) >= 11 is 0. The van der Waals surface area contributed by atoms with Crippen molar-refractivity contribution in [2.75, 3.05) is 18.1 Å². The lowest BCUT2D eigenvalue weighted by atomic mass is 9.82. The van der Waals surface area contributed by atoms with Gasteiger partial charge in [0.2, 0.25) is 5.91 Å². The highest BCUT2D eigenvalue weighted by Crippen LogP contribution is 2.28. The van der Waals surface area contributed by atoms with Gasteiger partial charge in [0.25, 0.3) is 0 Å². The van der Waals surface area contributed by atoms with Gasteiger partial charge in [-0.3, -0.25) is 14.5 Å². The molecule has 1 aromatic rings. The van der Waals surface area contributed by atoms with Crippen LogP contribution in [-0.4, -0.2) is 51.4 Å². The molecule has 0 unspecified atom stereocenters. The van der Waals surface area contributed by atoms with E-state index < -0.39 is 8.32 Å². The summed E-state index contributed by atoms with van der Waals surface area (Å²) in [6.45, 7) is 9.04. The van der Waals surface area contributed by atoms with E-state index in [1.807, 2.05) is 6.92 Å². The molecule has 27 heavy (non-hydrogen) atoms. The van der Waals surface area contributed by atoms with Crippen LogP contribution in [-0.2, 0) is 14.0 Å². The molecule has 0 bridgehead atoms. The molecule has 7 nitrogen and oxygen atoms in total. The van der Waals surface area contributed by atoms with E-state index in [4.69, 9.17) is 9.16 Å². The second-order valence-corrected chi connectivity index (χ2v) is 12.5. The summed E-state index contributed by atoms with van der Waals surface area (Å²) in [4.78, 5) is 37.7. The van der Waals surface area contributed by atoms with E-state index in [1.165, 1.54) is 4.90 Å². The number of anilines is 1. The molecule has 2 heterocycles. The molecule has 8 heteroatoms. The minimum Gasteiger partial charge on any atom is -0.447 e. The molecule has 0 radical (unpaired) electrons. The quantitative estimate of drug-likeness (QED) is 0.439. The number of carbonyl (C=O) groups is 3. The van der Waals surface area contributed by atoms with Crippen LogP contribution in [0.15, 0.2) is 24.3 Å². The third-order valence-corrected chi connectivity index (χ3v) is 5.86. The first-order chi connectivity index (χ1) is 12.7. The van der Waals surface area contributed by atoms with Crippen molar-refractivity contribution in [1.82, 2.24) is 5.32 Å². The molecular formula is C19H26N2O5Si. The van der Waals surface area contributed by atoms with E-state index in [2.05, 4.69) is 25.0 Å². The number of rotatable bonds is 7. The Morgan fingerprint density at radius 2 is 1.96 bits per heavy atom. The minimum atomic E-state index is -1.76. The first-order valence-corrected chi connectivity index (χ1v) is 12.6. The van der Waals surface area contributed by atoms with Gasteiger partial charge < -0.3 is 14.5 Å². The van der Waals surface area contributed by atoms with Gasteiger partial charge in [-0.05, 0) is 50.8 Å². The van der Waals surface area contributed by atoms with Crippen LogP contribution in [0.4, 0.5) is 10.5 Å². The lowest BCUT2D eigenvalue weighted by molar-refractivity contribution is -0.139. The summed E-state index contributed by atoms with van der Waals surface area (Å²) in [6.07, 6.45) is -0.335. The van der Waals surface area contributed by atoms with Gasteiger partial charge in [-0.2, -0.15) is 0 Å². The van der Waals surface area contributed by atoms with E-state index in [9.17, 15) is 14.4 Å². The first-order valence-electron chi connectivity index (χ1n) is 9.21. The highest BCUT2D eigenvalue weighted by atomic mass is 28.4. The highest BCUT2D eigenvalue weighted by Gasteiger charge is 2.45. The Balaban J connectivity index is 1.61. The normalized spacial score (nSPS) is 23.5. The molecule has 0 saturated carbocycles. The van der Waals surface area contributed by atoms with Crippen molar-refractivity contribution >= 4 is 31.8 Å². The van der Waals surface area contributed by atoms with Crippen molar-refractivity contribution in [2.24, 2.45) is 5.92 Å². The van der Waals surface area contributed by atoms with Crippen molar-refractivity contribution in [1.29, 1.82) is 0 Å². The van der Waals surface area contributed by atoms with E-state index in [-0.39, 0.29) is 42.3 Å². The molecule has 0 aliphatic carbocycles. The van der Waals surface area contributed by atoms with Crippen LogP contribution in [0.1, 0.15) is 23.7 Å². The van der Waals surface area contributed by atoms with E-state index in [0.717, 1.165) is 0 Å². The molecule has 2 aliphatic rings. The Labute approximate surface area is 160 Å². The van der Waals surface area contributed by atoms with Crippen molar-refractivity contribution in [3.63, 3.8) is 0 Å². The SMILES string of the molecule is C[C@@H](O[Si](C)(C)C)[C@H]1C(=O)N[C@@H]1CC(=O)c1ccc(N2CCOC2=O)cc1. The first kappa shape index (κ1) is 19.6. The summed E-state index contributed by atoms with van der Waals surface area (Å²) in [5.74, 6) is -0.387. The summed E-state index contributed by atoms with van der Waals surface area (Å²) < 4.78 is 11.0. The van der Waals surface area contributed by atoms with Crippen LogP contribution in [0, 0.1) is 5.92 Å². The molecule has 146 valence electrons. The average molecular weight is 391 g/mol. The van der Waals surface area contributed by atoms with Crippen molar-refractivity contribution < 1.29 is 23.5 Å². The van der Waals surface area contributed by atoms with Gasteiger partial charge in [-0.15, -0.1) is 0 Å². The van der Waals surface area contributed by atoms with E-state index >= 15 is 0 Å². The van der Waals surface area contributed by atoms with E-state index in [1.54, 1.807) is 24.3 Å². The largest absolute Gasteiger partial charge is 0.447 e. The smallest absolute Gasteiger partial charge is 0.414 e. The Morgan fingerprint density at radius 1 is 1.30 bits per heavy atom. The third-order valence-electron chi connectivity index (χ3n) is 4.78. The Kier molecular flexibility index (Phi) is 5.39. The molecule has 0 aromatic heterocycles. The zero-order valence-electron chi connectivity index (χ0n) is 16.2. The van der Waals surface area contributed by atoms with Crippen molar-refractivity contribution in [3.8, 4) is 0 Å². The number of cyclic esters (lactones) is 1. The molecule has 3 atom stereocenters. The highest BCUT2D eigenvalue weighted by molar-refractivity contribution is 6.69. The fourth-order valence-electron chi connectivity index (χ4n) is 3.58.